The fourth-order valence-electron chi connectivity index (χ4n) is 1.03. The number of aryl methyl sites for hydroxylation is 1. The van der Waals surface area contributed by atoms with E-state index in [-0.39, 0.29) is 6.54 Å². The summed E-state index contributed by atoms with van der Waals surface area (Å²) in [5, 5.41) is 11.1. The predicted octanol–water partition coefficient (Wildman–Crippen LogP) is 1.60. The van der Waals surface area contributed by atoms with Crippen LogP contribution in [0.3, 0.4) is 0 Å². The molecule has 1 aromatic heterocycles. The highest BCUT2D eigenvalue weighted by Gasteiger charge is 2.37. The van der Waals surface area contributed by atoms with Crippen LogP contribution in [0.15, 0.2) is 16.5 Å². The Kier molecular flexibility index (Phi) is 3.76. The fourth-order valence-corrected chi connectivity index (χ4v) is 1.03. The van der Waals surface area contributed by atoms with E-state index in [1.165, 1.54) is 0 Å². The Morgan fingerprint density at radius 3 is 2.60 bits per heavy atom. The molecule has 0 fully saturated rings. The van der Waals surface area contributed by atoms with Gasteiger partial charge in [0.15, 0.2) is 6.10 Å². The average molecular weight is 223 g/mol. The summed E-state index contributed by atoms with van der Waals surface area (Å²) in [6.45, 7) is 1.37. The maximum Gasteiger partial charge on any atom is 0.415 e. The molecule has 0 saturated heterocycles. The van der Waals surface area contributed by atoms with E-state index >= 15 is 0 Å². The van der Waals surface area contributed by atoms with E-state index in [0.29, 0.717) is 11.5 Å². The lowest BCUT2D eigenvalue weighted by Gasteiger charge is -2.14. The van der Waals surface area contributed by atoms with Gasteiger partial charge in [0.25, 0.3) is 0 Å². The number of hydrogen-bond acceptors (Lipinski definition) is 3. The number of nitrogens with one attached hydrogen (secondary N) is 1. The van der Waals surface area contributed by atoms with Crippen molar-refractivity contribution in [2.45, 2.75) is 25.7 Å². The summed E-state index contributed by atoms with van der Waals surface area (Å²) >= 11 is 0. The summed E-state index contributed by atoms with van der Waals surface area (Å²) < 4.78 is 40.7. The van der Waals surface area contributed by atoms with Gasteiger partial charge in [0.2, 0.25) is 0 Å². The number of aliphatic hydroxyl groups is 1. The lowest BCUT2D eigenvalue weighted by molar-refractivity contribution is -0.201. The highest BCUT2D eigenvalue weighted by molar-refractivity contribution is 5.05. The maximum atomic E-state index is 11.9. The smallest absolute Gasteiger partial charge is 0.415 e. The molecule has 1 rings (SSSR count). The number of halogens is 3. The first-order valence-electron chi connectivity index (χ1n) is 4.40. The molecular formula is C9H12F3NO2. The highest BCUT2D eigenvalue weighted by Crippen LogP contribution is 2.19. The fraction of sp³-hybridized carbons (Fsp3) is 0.556. The summed E-state index contributed by atoms with van der Waals surface area (Å²) in [5.74, 6) is 1.24. The van der Waals surface area contributed by atoms with Crippen LogP contribution in [0.2, 0.25) is 0 Å². The summed E-state index contributed by atoms with van der Waals surface area (Å²) in [5.41, 5.74) is 0. The molecule has 0 bridgehead atoms. The van der Waals surface area contributed by atoms with Crippen LogP contribution in [0.5, 0.6) is 0 Å². The van der Waals surface area contributed by atoms with Crippen LogP contribution in [-0.2, 0) is 6.54 Å². The third-order valence-electron chi connectivity index (χ3n) is 1.81. The van der Waals surface area contributed by atoms with Gasteiger partial charge in [0, 0.05) is 6.54 Å². The molecule has 1 aromatic rings. The predicted molar refractivity (Wildman–Crippen MR) is 47.2 cm³/mol. The van der Waals surface area contributed by atoms with Crippen LogP contribution in [0.4, 0.5) is 13.2 Å². The van der Waals surface area contributed by atoms with Gasteiger partial charge in [-0.2, -0.15) is 13.2 Å². The standard InChI is InChI=1S/C9H12F3NO2/c1-6-2-3-7(15-6)4-13-5-8(14)9(10,11)12/h2-3,8,13-14H,4-5H2,1H3. The Labute approximate surface area is 84.9 Å². The molecule has 0 amide bonds. The largest absolute Gasteiger partial charge is 0.465 e. The van der Waals surface area contributed by atoms with Crippen molar-refractivity contribution in [1.82, 2.24) is 5.32 Å². The lowest BCUT2D eigenvalue weighted by atomic mass is 10.3. The van der Waals surface area contributed by atoms with E-state index in [4.69, 9.17) is 9.52 Å². The molecule has 1 heterocycles. The first-order valence-corrected chi connectivity index (χ1v) is 4.40. The molecule has 6 heteroatoms. The number of rotatable bonds is 4. The van der Waals surface area contributed by atoms with Crippen LogP contribution in [-0.4, -0.2) is 23.9 Å². The van der Waals surface area contributed by atoms with E-state index in [1.54, 1.807) is 19.1 Å². The molecule has 1 unspecified atom stereocenters. The van der Waals surface area contributed by atoms with Crippen molar-refractivity contribution in [3.8, 4) is 0 Å². The molecule has 1 atom stereocenters. The second kappa shape index (κ2) is 4.67. The topological polar surface area (TPSA) is 45.4 Å². The van der Waals surface area contributed by atoms with E-state index in [2.05, 4.69) is 5.32 Å². The molecule has 0 aliphatic rings. The van der Waals surface area contributed by atoms with Gasteiger partial charge in [0.05, 0.1) is 6.54 Å². The van der Waals surface area contributed by atoms with Gasteiger partial charge in [-0.1, -0.05) is 0 Å². The Morgan fingerprint density at radius 1 is 1.47 bits per heavy atom. The summed E-state index contributed by atoms with van der Waals surface area (Å²) in [7, 11) is 0. The van der Waals surface area contributed by atoms with Crippen molar-refractivity contribution in [1.29, 1.82) is 0 Å². The second-order valence-electron chi connectivity index (χ2n) is 3.20. The monoisotopic (exact) mass is 223 g/mol. The molecule has 0 aliphatic carbocycles. The Hall–Kier alpha value is -1.01. The number of aliphatic hydroxyl groups excluding tert-OH is 1. The minimum atomic E-state index is -4.58. The van der Waals surface area contributed by atoms with Crippen molar-refractivity contribution < 1.29 is 22.7 Å². The molecule has 2 N–H and O–H groups in total. The van der Waals surface area contributed by atoms with Gasteiger partial charge in [0.1, 0.15) is 11.5 Å². The zero-order valence-corrected chi connectivity index (χ0v) is 8.14. The van der Waals surface area contributed by atoms with Crippen LogP contribution in [0.25, 0.3) is 0 Å². The first-order chi connectivity index (χ1) is 6.89. The van der Waals surface area contributed by atoms with E-state index < -0.39 is 18.8 Å². The molecule has 3 nitrogen and oxygen atoms in total. The highest BCUT2D eigenvalue weighted by atomic mass is 19.4. The minimum absolute atomic E-state index is 0.168. The van der Waals surface area contributed by atoms with Crippen molar-refractivity contribution in [2.24, 2.45) is 0 Å². The Balaban J connectivity index is 2.28. The van der Waals surface area contributed by atoms with Crippen LogP contribution in [0.1, 0.15) is 11.5 Å². The molecule has 0 radical (unpaired) electrons. The molecular weight excluding hydrogens is 211 g/mol. The summed E-state index contributed by atoms with van der Waals surface area (Å²) in [4.78, 5) is 0. The zero-order valence-electron chi connectivity index (χ0n) is 8.14. The van der Waals surface area contributed by atoms with E-state index in [0.717, 1.165) is 0 Å². The van der Waals surface area contributed by atoms with Gasteiger partial charge in [-0.05, 0) is 19.1 Å². The third kappa shape index (κ3) is 3.93. The SMILES string of the molecule is Cc1ccc(CNCC(O)C(F)(F)F)o1. The normalized spacial score (nSPS) is 14.2. The van der Waals surface area contributed by atoms with Crippen molar-refractivity contribution in [2.75, 3.05) is 6.54 Å². The molecule has 86 valence electrons. The lowest BCUT2D eigenvalue weighted by Crippen LogP contribution is -2.38. The maximum absolute atomic E-state index is 11.9. The number of alkyl halides is 3. The van der Waals surface area contributed by atoms with Gasteiger partial charge >= 0.3 is 6.18 Å². The van der Waals surface area contributed by atoms with Gasteiger partial charge in [-0.15, -0.1) is 0 Å². The van der Waals surface area contributed by atoms with Crippen molar-refractivity contribution >= 4 is 0 Å². The van der Waals surface area contributed by atoms with Crippen molar-refractivity contribution in [3.05, 3.63) is 23.7 Å². The van der Waals surface area contributed by atoms with Crippen molar-refractivity contribution in [3.63, 3.8) is 0 Å². The minimum Gasteiger partial charge on any atom is -0.465 e. The Morgan fingerprint density at radius 2 is 2.13 bits per heavy atom. The summed E-state index contributed by atoms with van der Waals surface area (Å²) in [6, 6.07) is 3.39. The molecule has 0 aromatic carbocycles. The number of hydrogen-bond donors (Lipinski definition) is 2. The van der Waals surface area contributed by atoms with Gasteiger partial charge < -0.3 is 14.8 Å². The van der Waals surface area contributed by atoms with E-state index in [9.17, 15) is 13.2 Å². The van der Waals surface area contributed by atoms with Crippen LogP contribution >= 0.6 is 0 Å². The Bertz CT molecular complexity index is 309. The molecule has 0 aliphatic heterocycles. The second-order valence-corrected chi connectivity index (χ2v) is 3.20. The summed E-state index contributed by atoms with van der Waals surface area (Å²) in [6.07, 6.45) is -6.92. The zero-order chi connectivity index (χ0) is 11.5. The van der Waals surface area contributed by atoms with Crippen LogP contribution in [0, 0.1) is 6.92 Å². The van der Waals surface area contributed by atoms with Gasteiger partial charge in [-0.3, -0.25) is 0 Å². The number of furan rings is 1. The quantitative estimate of drug-likeness (QED) is 0.814. The average Bonchev–Trinajstić information content (AvgIpc) is 2.49. The molecule has 0 spiro atoms. The van der Waals surface area contributed by atoms with E-state index in [1.807, 2.05) is 0 Å². The molecule has 15 heavy (non-hydrogen) atoms. The van der Waals surface area contributed by atoms with Crippen LogP contribution < -0.4 is 5.32 Å². The van der Waals surface area contributed by atoms with Gasteiger partial charge in [-0.25, -0.2) is 0 Å². The first kappa shape index (κ1) is 12.1. The molecule has 0 saturated carbocycles. The third-order valence-corrected chi connectivity index (χ3v) is 1.81.